The fourth-order valence-electron chi connectivity index (χ4n) is 4.75. The zero-order valence-corrected chi connectivity index (χ0v) is 19.2. The maximum atomic E-state index is 12.7. The van der Waals surface area contributed by atoms with Gasteiger partial charge in [-0.1, -0.05) is 36.4 Å². The molecule has 2 N–H and O–H groups in total. The predicted molar refractivity (Wildman–Crippen MR) is 132 cm³/mol. The SMILES string of the molecule is C#N.C#N.O=C1N=c2ccccc2=C1c1c(O)oc2cc3c(C4=c5ccccc5=NC4=O)c(O)oc3cc12. The lowest BCUT2D eigenvalue weighted by molar-refractivity contribution is -0.113. The molecule has 7 rings (SSSR count). The second-order valence-corrected chi connectivity index (χ2v) is 8.03. The van der Waals surface area contributed by atoms with Gasteiger partial charge in [0.05, 0.1) is 33.0 Å². The molecule has 5 aromatic rings. The molecule has 0 atom stereocenters. The van der Waals surface area contributed by atoms with Crippen molar-refractivity contribution in [2.24, 2.45) is 9.98 Å². The van der Waals surface area contributed by atoms with Crippen LogP contribution in [0.3, 0.4) is 0 Å². The molecule has 0 saturated heterocycles. The van der Waals surface area contributed by atoms with E-state index in [0.717, 1.165) is 0 Å². The van der Waals surface area contributed by atoms with E-state index in [0.29, 0.717) is 31.9 Å². The van der Waals surface area contributed by atoms with E-state index in [1.807, 2.05) is 0 Å². The van der Waals surface area contributed by atoms with Crippen molar-refractivity contribution in [2.45, 2.75) is 0 Å². The molecule has 0 aliphatic carbocycles. The Hall–Kier alpha value is -6.00. The third-order valence-corrected chi connectivity index (χ3v) is 6.18. The molecule has 3 aromatic carbocycles. The fourth-order valence-corrected chi connectivity index (χ4v) is 4.75. The number of carbonyl (C=O) groups is 2. The van der Waals surface area contributed by atoms with E-state index >= 15 is 0 Å². The predicted octanol–water partition coefficient (Wildman–Crippen LogP) is 1.59. The molecule has 0 bridgehead atoms. The van der Waals surface area contributed by atoms with Gasteiger partial charge in [0, 0.05) is 34.4 Å². The highest BCUT2D eigenvalue weighted by molar-refractivity contribution is 6.27. The molecule has 0 saturated carbocycles. The molecule has 2 aliphatic heterocycles. The van der Waals surface area contributed by atoms with E-state index in [2.05, 4.69) is 23.1 Å². The van der Waals surface area contributed by atoms with E-state index < -0.39 is 23.7 Å². The van der Waals surface area contributed by atoms with Gasteiger partial charge < -0.3 is 19.0 Å². The molecule has 2 amide bonds. The summed E-state index contributed by atoms with van der Waals surface area (Å²) in [7, 11) is 0. The zero-order valence-electron chi connectivity index (χ0n) is 19.2. The van der Waals surface area contributed by atoms with Gasteiger partial charge in [-0.25, -0.2) is 20.5 Å². The first-order valence-electron chi connectivity index (χ1n) is 10.9. The van der Waals surface area contributed by atoms with Crippen molar-refractivity contribution in [2.75, 3.05) is 0 Å². The van der Waals surface area contributed by atoms with E-state index in [1.165, 1.54) is 0 Å². The van der Waals surface area contributed by atoms with Crippen LogP contribution in [0.25, 0.3) is 33.1 Å². The van der Waals surface area contributed by atoms with Crippen molar-refractivity contribution in [3.05, 3.63) is 92.9 Å². The lowest BCUT2D eigenvalue weighted by Crippen LogP contribution is -2.22. The highest BCUT2D eigenvalue weighted by Gasteiger charge is 2.30. The number of hydrogen-bond acceptors (Lipinski definition) is 8. The van der Waals surface area contributed by atoms with Crippen molar-refractivity contribution >= 4 is 44.9 Å². The molecular weight excluding hydrogens is 488 g/mol. The van der Waals surface area contributed by atoms with Crippen molar-refractivity contribution in [1.82, 2.24) is 0 Å². The lowest BCUT2D eigenvalue weighted by atomic mass is 9.98. The Morgan fingerprint density at radius 1 is 0.632 bits per heavy atom. The molecule has 2 aliphatic rings. The number of fused-ring (bicyclic) bond motifs is 4. The average Bonchev–Trinajstić information content (AvgIpc) is 3.63. The highest BCUT2D eigenvalue weighted by atomic mass is 16.5. The van der Waals surface area contributed by atoms with Crippen molar-refractivity contribution in [1.29, 1.82) is 10.5 Å². The van der Waals surface area contributed by atoms with E-state index in [4.69, 9.17) is 19.4 Å². The first kappa shape index (κ1) is 23.7. The number of nitriles is 2. The van der Waals surface area contributed by atoms with Crippen LogP contribution in [0.15, 0.2) is 79.5 Å². The van der Waals surface area contributed by atoms with E-state index in [9.17, 15) is 19.8 Å². The van der Waals surface area contributed by atoms with Crippen LogP contribution < -0.4 is 21.2 Å². The summed E-state index contributed by atoms with van der Waals surface area (Å²) in [5.74, 6) is -1.86. The molecule has 10 nitrogen and oxygen atoms in total. The first-order chi connectivity index (χ1) is 18.5. The van der Waals surface area contributed by atoms with E-state index in [1.54, 1.807) is 60.7 Å². The molecule has 182 valence electrons. The molecule has 0 fully saturated rings. The monoisotopic (exact) mass is 502 g/mol. The summed E-state index contributed by atoms with van der Waals surface area (Å²) in [4.78, 5) is 33.5. The smallest absolute Gasteiger partial charge is 0.291 e. The van der Waals surface area contributed by atoms with Gasteiger partial charge in [-0.2, -0.15) is 0 Å². The summed E-state index contributed by atoms with van der Waals surface area (Å²) < 4.78 is 11.2. The van der Waals surface area contributed by atoms with Crippen molar-refractivity contribution in [3.63, 3.8) is 0 Å². The Morgan fingerprint density at radius 2 is 1.00 bits per heavy atom. The summed E-state index contributed by atoms with van der Waals surface area (Å²) in [6.07, 6.45) is 0. The van der Waals surface area contributed by atoms with Crippen LogP contribution in [0.5, 0.6) is 11.9 Å². The quantitative estimate of drug-likeness (QED) is 0.366. The van der Waals surface area contributed by atoms with Crippen LogP contribution in [0.2, 0.25) is 0 Å². The summed E-state index contributed by atoms with van der Waals surface area (Å²) in [6.45, 7) is 7.00. The van der Waals surface area contributed by atoms with Gasteiger partial charge >= 0.3 is 0 Å². The number of amides is 2. The molecule has 38 heavy (non-hydrogen) atoms. The molecular formula is C28H14N4O6. The molecule has 2 aromatic heterocycles. The highest BCUT2D eigenvalue weighted by Crippen LogP contribution is 2.42. The molecule has 0 spiro atoms. The Morgan fingerprint density at radius 3 is 1.39 bits per heavy atom. The summed E-state index contributed by atoms with van der Waals surface area (Å²) in [6, 6.07) is 17.2. The normalized spacial score (nSPS) is 13.2. The first-order valence-corrected chi connectivity index (χ1v) is 10.9. The van der Waals surface area contributed by atoms with Gasteiger partial charge in [-0.15, -0.1) is 0 Å². The minimum Gasteiger partial charge on any atom is -0.480 e. The number of furan rings is 2. The molecule has 10 heteroatoms. The van der Waals surface area contributed by atoms with Crippen LogP contribution in [0.4, 0.5) is 0 Å². The fraction of sp³-hybridized carbons (Fsp3) is 0. The van der Waals surface area contributed by atoms with Crippen LogP contribution in [0, 0.1) is 23.7 Å². The van der Waals surface area contributed by atoms with Gasteiger partial charge in [0.25, 0.3) is 23.7 Å². The lowest BCUT2D eigenvalue weighted by Gasteiger charge is -2.00. The van der Waals surface area contributed by atoms with Gasteiger partial charge in [0.1, 0.15) is 11.2 Å². The zero-order chi connectivity index (χ0) is 27.1. The van der Waals surface area contributed by atoms with Crippen LogP contribution in [-0.4, -0.2) is 22.0 Å². The number of hydrogen-bond donors (Lipinski definition) is 2. The van der Waals surface area contributed by atoms with Gasteiger partial charge in [0.2, 0.25) is 0 Å². The number of carbonyl (C=O) groups excluding carboxylic acids is 2. The van der Waals surface area contributed by atoms with Crippen LogP contribution >= 0.6 is 0 Å². The van der Waals surface area contributed by atoms with Gasteiger partial charge in [0.15, 0.2) is 0 Å². The standard InChI is InChI=1S/C26H12N2O6.2CHN/c29-23-19(11-5-1-3-7-15(11)27-23)21-13-9-18-14(10-17(13)33-25(21)31)22(26(32)34-18)20-12-6-2-4-8-16(12)28-24(20)30;2*1-2/h1-10,31-32H;2*1H. The van der Waals surface area contributed by atoms with Gasteiger partial charge in [-0.05, 0) is 24.3 Å². The second-order valence-electron chi connectivity index (χ2n) is 8.03. The minimum absolute atomic E-state index is 0.193. The third kappa shape index (κ3) is 3.26. The molecule has 0 unspecified atom stereocenters. The summed E-state index contributed by atoms with van der Waals surface area (Å²) in [5.41, 5.74) is 1.33. The summed E-state index contributed by atoms with van der Waals surface area (Å²) in [5, 5.41) is 37.3. The van der Waals surface area contributed by atoms with Gasteiger partial charge in [-0.3, -0.25) is 9.59 Å². The number of rotatable bonds is 2. The number of aromatic hydroxyl groups is 2. The largest absolute Gasteiger partial charge is 0.480 e. The maximum Gasteiger partial charge on any atom is 0.291 e. The average molecular weight is 502 g/mol. The van der Waals surface area contributed by atoms with Crippen molar-refractivity contribution in [3.8, 4) is 25.0 Å². The van der Waals surface area contributed by atoms with Crippen molar-refractivity contribution < 1.29 is 28.6 Å². The Bertz CT molecular complexity index is 1980. The minimum atomic E-state index is -0.493. The Balaban J connectivity index is 0.000000704. The Labute approximate surface area is 212 Å². The summed E-state index contributed by atoms with van der Waals surface area (Å²) >= 11 is 0. The number of benzene rings is 3. The van der Waals surface area contributed by atoms with Crippen LogP contribution in [-0.2, 0) is 9.59 Å². The number of para-hydroxylation sites is 2. The topological polar surface area (TPSA) is 173 Å². The second kappa shape index (κ2) is 8.90. The van der Waals surface area contributed by atoms with E-state index in [-0.39, 0.29) is 33.4 Å². The molecule has 0 radical (unpaired) electrons. The third-order valence-electron chi connectivity index (χ3n) is 6.18. The van der Waals surface area contributed by atoms with Crippen LogP contribution in [0.1, 0.15) is 11.1 Å². The number of nitrogens with zero attached hydrogens (tertiary/aromatic N) is 4. The maximum absolute atomic E-state index is 12.7. The Kier molecular flexibility index (Phi) is 5.56. The molecule has 4 heterocycles.